The number of aromatic amines is 1. The Balaban J connectivity index is 2.35. The van der Waals surface area contributed by atoms with Gasteiger partial charge >= 0.3 is 0 Å². The number of H-pyrrole nitrogens is 1. The van der Waals surface area contributed by atoms with Crippen molar-refractivity contribution in [2.24, 2.45) is 0 Å². The van der Waals surface area contributed by atoms with E-state index in [2.05, 4.69) is 20.3 Å². The maximum absolute atomic E-state index is 13.0. The van der Waals surface area contributed by atoms with Crippen molar-refractivity contribution in [2.45, 2.75) is 6.04 Å². The molecule has 0 aromatic carbocycles. The van der Waals surface area contributed by atoms with Crippen LogP contribution in [0.5, 0.6) is 0 Å². The van der Waals surface area contributed by atoms with Gasteiger partial charge in [-0.1, -0.05) is 0 Å². The molecule has 2 aromatic heterocycles. The van der Waals surface area contributed by atoms with Crippen molar-refractivity contribution in [2.75, 3.05) is 7.05 Å². The maximum Gasteiger partial charge on any atom is 0.141 e. The van der Waals surface area contributed by atoms with Crippen LogP contribution in [0.4, 0.5) is 4.39 Å². The molecule has 2 N–H and O–H groups in total. The first-order valence-electron chi connectivity index (χ1n) is 4.58. The third-order valence-corrected chi connectivity index (χ3v) is 2.14. The summed E-state index contributed by atoms with van der Waals surface area (Å²) in [6, 6.07) is 1.28. The molecule has 2 heterocycles. The van der Waals surface area contributed by atoms with E-state index in [1.807, 2.05) is 0 Å². The number of halogens is 1. The van der Waals surface area contributed by atoms with Crippen molar-refractivity contribution in [3.63, 3.8) is 0 Å². The van der Waals surface area contributed by atoms with E-state index in [0.717, 1.165) is 11.4 Å². The number of imidazole rings is 1. The van der Waals surface area contributed by atoms with Crippen LogP contribution in [-0.2, 0) is 0 Å². The zero-order valence-electron chi connectivity index (χ0n) is 8.24. The van der Waals surface area contributed by atoms with E-state index in [4.69, 9.17) is 0 Å². The summed E-state index contributed by atoms with van der Waals surface area (Å²) in [5, 5.41) is 3.05. The lowest BCUT2D eigenvalue weighted by molar-refractivity contribution is 0.602. The van der Waals surface area contributed by atoms with E-state index in [-0.39, 0.29) is 11.9 Å². The molecular formula is C10H11FN4. The number of nitrogens with zero attached hydrogens (tertiary/aromatic N) is 2. The van der Waals surface area contributed by atoms with Crippen molar-refractivity contribution < 1.29 is 4.39 Å². The molecule has 78 valence electrons. The van der Waals surface area contributed by atoms with E-state index < -0.39 is 0 Å². The van der Waals surface area contributed by atoms with Gasteiger partial charge in [-0.25, -0.2) is 9.37 Å². The molecule has 5 heteroatoms. The molecule has 0 amide bonds. The lowest BCUT2D eigenvalue weighted by Crippen LogP contribution is -2.19. The number of aromatic nitrogens is 3. The van der Waals surface area contributed by atoms with Crippen LogP contribution in [0.2, 0.25) is 0 Å². The first-order valence-corrected chi connectivity index (χ1v) is 4.58. The summed E-state index contributed by atoms with van der Waals surface area (Å²) in [6.45, 7) is 0. The van der Waals surface area contributed by atoms with Gasteiger partial charge in [0.1, 0.15) is 11.6 Å². The molecular weight excluding hydrogens is 195 g/mol. The van der Waals surface area contributed by atoms with Gasteiger partial charge in [0.2, 0.25) is 0 Å². The quantitative estimate of drug-likeness (QED) is 0.794. The third-order valence-electron chi connectivity index (χ3n) is 2.14. The summed E-state index contributed by atoms with van der Waals surface area (Å²) in [6.07, 6.45) is 6.18. The fourth-order valence-electron chi connectivity index (χ4n) is 1.48. The summed E-state index contributed by atoms with van der Waals surface area (Å²) in [4.78, 5) is 10.9. The lowest BCUT2D eigenvalue weighted by atomic mass is 10.1. The van der Waals surface area contributed by atoms with Crippen molar-refractivity contribution >= 4 is 0 Å². The lowest BCUT2D eigenvalue weighted by Gasteiger charge is -2.13. The topological polar surface area (TPSA) is 53.6 Å². The predicted octanol–water partition coefficient (Wildman–Crippen LogP) is 1.25. The normalized spacial score (nSPS) is 12.7. The fourth-order valence-corrected chi connectivity index (χ4v) is 1.48. The molecule has 15 heavy (non-hydrogen) atoms. The van der Waals surface area contributed by atoms with Gasteiger partial charge in [-0.05, 0) is 18.7 Å². The minimum absolute atomic E-state index is 0.164. The zero-order chi connectivity index (χ0) is 10.7. The summed E-state index contributed by atoms with van der Waals surface area (Å²) < 4.78 is 13.0. The molecule has 0 radical (unpaired) electrons. The second-order valence-electron chi connectivity index (χ2n) is 3.13. The Hall–Kier alpha value is -1.75. The molecule has 1 atom stereocenters. The SMILES string of the molecule is CNC(c1cncc(F)c1)c1ncc[nH]1. The second kappa shape index (κ2) is 4.18. The zero-order valence-corrected chi connectivity index (χ0v) is 8.24. The van der Waals surface area contributed by atoms with Gasteiger partial charge in [0, 0.05) is 18.6 Å². The summed E-state index contributed by atoms with van der Waals surface area (Å²) in [5.74, 6) is 0.393. The molecule has 0 aliphatic heterocycles. The number of pyridine rings is 1. The average Bonchev–Trinajstić information content (AvgIpc) is 2.72. The molecule has 0 aliphatic carbocycles. The summed E-state index contributed by atoms with van der Waals surface area (Å²) >= 11 is 0. The minimum Gasteiger partial charge on any atom is -0.347 e. The van der Waals surface area contributed by atoms with E-state index in [9.17, 15) is 4.39 Å². The molecule has 0 spiro atoms. The Morgan fingerprint density at radius 2 is 2.33 bits per heavy atom. The van der Waals surface area contributed by atoms with Gasteiger partial charge in [0.15, 0.2) is 0 Å². The van der Waals surface area contributed by atoms with Crippen LogP contribution in [0.3, 0.4) is 0 Å². The van der Waals surface area contributed by atoms with Crippen LogP contribution < -0.4 is 5.32 Å². The minimum atomic E-state index is -0.348. The van der Waals surface area contributed by atoms with Crippen LogP contribution in [0, 0.1) is 5.82 Å². The Morgan fingerprint density at radius 3 is 2.93 bits per heavy atom. The summed E-state index contributed by atoms with van der Waals surface area (Å²) in [5.41, 5.74) is 0.743. The largest absolute Gasteiger partial charge is 0.347 e. The Morgan fingerprint density at radius 1 is 1.47 bits per heavy atom. The van der Waals surface area contributed by atoms with E-state index in [1.165, 1.54) is 12.3 Å². The molecule has 2 rings (SSSR count). The molecule has 1 unspecified atom stereocenters. The van der Waals surface area contributed by atoms with Gasteiger partial charge in [-0.2, -0.15) is 0 Å². The van der Waals surface area contributed by atoms with Crippen molar-refractivity contribution in [3.05, 3.63) is 48.1 Å². The molecule has 0 aliphatic rings. The van der Waals surface area contributed by atoms with Crippen molar-refractivity contribution in [1.82, 2.24) is 20.3 Å². The Bertz CT molecular complexity index is 427. The monoisotopic (exact) mass is 206 g/mol. The smallest absolute Gasteiger partial charge is 0.141 e. The first-order chi connectivity index (χ1) is 7.31. The maximum atomic E-state index is 13.0. The predicted molar refractivity (Wildman–Crippen MR) is 53.7 cm³/mol. The third kappa shape index (κ3) is 2.02. The van der Waals surface area contributed by atoms with Gasteiger partial charge in [0.25, 0.3) is 0 Å². The Labute approximate surface area is 86.6 Å². The molecule has 0 saturated carbocycles. The highest BCUT2D eigenvalue weighted by Crippen LogP contribution is 2.17. The highest BCUT2D eigenvalue weighted by molar-refractivity contribution is 5.21. The van der Waals surface area contributed by atoms with Crippen LogP contribution in [0.15, 0.2) is 30.9 Å². The van der Waals surface area contributed by atoms with Crippen LogP contribution in [0.25, 0.3) is 0 Å². The van der Waals surface area contributed by atoms with E-state index >= 15 is 0 Å². The fraction of sp³-hybridized carbons (Fsp3) is 0.200. The number of rotatable bonds is 3. The van der Waals surface area contributed by atoms with Gasteiger partial charge in [-0.3, -0.25) is 4.98 Å². The van der Waals surface area contributed by atoms with Crippen LogP contribution in [-0.4, -0.2) is 22.0 Å². The van der Waals surface area contributed by atoms with Crippen LogP contribution in [0.1, 0.15) is 17.4 Å². The average molecular weight is 206 g/mol. The van der Waals surface area contributed by atoms with Gasteiger partial charge in [-0.15, -0.1) is 0 Å². The molecule has 0 saturated heterocycles. The van der Waals surface area contributed by atoms with Crippen molar-refractivity contribution in [1.29, 1.82) is 0 Å². The first kappa shape index (κ1) is 9.79. The second-order valence-corrected chi connectivity index (χ2v) is 3.13. The van der Waals surface area contributed by atoms with Crippen LogP contribution >= 0.6 is 0 Å². The van der Waals surface area contributed by atoms with Gasteiger partial charge < -0.3 is 10.3 Å². The number of hydrogen-bond acceptors (Lipinski definition) is 3. The number of nitrogens with one attached hydrogen (secondary N) is 2. The highest BCUT2D eigenvalue weighted by atomic mass is 19.1. The molecule has 0 bridgehead atoms. The van der Waals surface area contributed by atoms with E-state index in [1.54, 1.807) is 25.6 Å². The molecule has 0 fully saturated rings. The van der Waals surface area contributed by atoms with Gasteiger partial charge in [0.05, 0.1) is 12.2 Å². The molecule has 4 nitrogen and oxygen atoms in total. The Kier molecular flexibility index (Phi) is 2.73. The van der Waals surface area contributed by atoms with E-state index in [0.29, 0.717) is 0 Å². The highest BCUT2D eigenvalue weighted by Gasteiger charge is 2.14. The summed E-state index contributed by atoms with van der Waals surface area (Å²) in [7, 11) is 1.79. The molecule has 2 aromatic rings. The van der Waals surface area contributed by atoms with Crippen molar-refractivity contribution in [3.8, 4) is 0 Å². The number of hydrogen-bond donors (Lipinski definition) is 2. The standard InChI is InChI=1S/C10H11FN4/c1-12-9(10-14-2-3-15-10)7-4-8(11)6-13-5-7/h2-6,9,12H,1H3,(H,14,15).